The van der Waals surface area contributed by atoms with E-state index in [1.807, 2.05) is 0 Å². The molecule has 2 saturated heterocycles. The lowest BCUT2D eigenvalue weighted by atomic mass is 10.4. The highest BCUT2D eigenvalue weighted by atomic mass is 32.2. The second kappa shape index (κ2) is 7.18. The van der Waals surface area contributed by atoms with E-state index in [1.165, 1.54) is 10.6 Å². The third kappa shape index (κ3) is 5.76. The molecule has 0 aromatic heterocycles. The minimum Gasteiger partial charge on any atom is -0.379 e. The van der Waals surface area contributed by atoms with E-state index in [0.29, 0.717) is 13.1 Å². The van der Waals surface area contributed by atoms with Gasteiger partial charge in [-0.15, -0.1) is 0 Å². The van der Waals surface area contributed by atoms with Gasteiger partial charge in [0.1, 0.15) is 0 Å². The van der Waals surface area contributed by atoms with Gasteiger partial charge in [0.25, 0.3) is 0 Å². The first-order valence-electron chi connectivity index (χ1n) is 5.55. The summed E-state index contributed by atoms with van der Waals surface area (Å²) >= 11 is 0. The second-order valence-corrected chi connectivity index (χ2v) is 5.76. The summed E-state index contributed by atoms with van der Waals surface area (Å²) in [4.78, 5) is 0. The fourth-order valence-electron chi connectivity index (χ4n) is 1.49. The lowest BCUT2D eigenvalue weighted by Gasteiger charge is -2.24. The standard InChI is InChI=1S/C5H12N2O2S.C4H9NO/c1-10(8,9)7-4-2-6-3-5-7;1-3-6-4-2-5-1/h6H,2-5H2,1H3;5H,1-4H2. The molecule has 2 N–H and O–H groups in total. The third-order valence-corrected chi connectivity index (χ3v) is 3.69. The van der Waals surface area contributed by atoms with Crippen molar-refractivity contribution < 1.29 is 13.2 Å². The van der Waals surface area contributed by atoms with Crippen molar-refractivity contribution in [2.75, 3.05) is 58.7 Å². The molecule has 0 bridgehead atoms. The van der Waals surface area contributed by atoms with Crippen LogP contribution in [0.1, 0.15) is 0 Å². The molecule has 0 aliphatic carbocycles. The molecule has 0 aromatic rings. The molecule has 16 heavy (non-hydrogen) atoms. The first-order chi connectivity index (χ1) is 7.61. The zero-order valence-corrected chi connectivity index (χ0v) is 10.6. The highest BCUT2D eigenvalue weighted by molar-refractivity contribution is 7.88. The number of rotatable bonds is 1. The molecule has 96 valence electrons. The Morgan fingerprint density at radius 2 is 1.50 bits per heavy atom. The number of morpholine rings is 1. The monoisotopic (exact) mass is 251 g/mol. The summed E-state index contributed by atoms with van der Waals surface area (Å²) < 4.78 is 28.3. The molecule has 0 spiro atoms. The van der Waals surface area contributed by atoms with Gasteiger partial charge < -0.3 is 15.4 Å². The summed E-state index contributed by atoms with van der Waals surface area (Å²) in [6.45, 7) is 6.60. The Morgan fingerprint density at radius 1 is 1.00 bits per heavy atom. The predicted octanol–water partition coefficient (Wildman–Crippen LogP) is -1.54. The van der Waals surface area contributed by atoms with Crippen molar-refractivity contribution in [1.82, 2.24) is 14.9 Å². The van der Waals surface area contributed by atoms with Gasteiger partial charge in [-0.05, 0) is 0 Å². The molecule has 0 saturated carbocycles. The van der Waals surface area contributed by atoms with Gasteiger partial charge in [-0.2, -0.15) is 4.31 Å². The van der Waals surface area contributed by atoms with E-state index in [0.717, 1.165) is 39.4 Å². The predicted molar refractivity (Wildman–Crippen MR) is 63.0 cm³/mol. The molecule has 2 aliphatic heterocycles. The molecule has 0 aromatic carbocycles. The van der Waals surface area contributed by atoms with Crippen LogP contribution in [0.25, 0.3) is 0 Å². The zero-order chi connectivity index (χ0) is 11.9. The summed E-state index contributed by atoms with van der Waals surface area (Å²) in [5.41, 5.74) is 0. The van der Waals surface area contributed by atoms with Crippen LogP contribution in [0.2, 0.25) is 0 Å². The molecule has 2 fully saturated rings. The fraction of sp³-hybridized carbons (Fsp3) is 1.00. The van der Waals surface area contributed by atoms with Gasteiger partial charge in [-0.1, -0.05) is 0 Å². The number of sulfonamides is 1. The highest BCUT2D eigenvalue weighted by Crippen LogP contribution is 1.97. The van der Waals surface area contributed by atoms with Gasteiger partial charge in [0.15, 0.2) is 0 Å². The van der Waals surface area contributed by atoms with E-state index in [-0.39, 0.29) is 0 Å². The summed E-state index contributed by atoms with van der Waals surface area (Å²) in [6.07, 6.45) is 1.25. The number of nitrogens with zero attached hydrogens (tertiary/aromatic N) is 1. The van der Waals surface area contributed by atoms with Gasteiger partial charge in [0, 0.05) is 39.3 Å². The SMILES string of the molecule is C1COCCN1.CS(=O)(=O)N1CCNCC1. The lowest BCUT2D eigenvalue weighted by molar-refractivity contribution is 0.109. The first-order valence-corrected chi connectivity index (χ1v) is 7.40. The highest BCUT2D eigenvalue weighted by Gasteiger charge is 2.17. The van der Waals surface area contributed by atoms with Crippen molar-refractivity contribution >= 4 is 10.0 Å². The molecular formula is C9H21N3O3S. The van der Waals surface area contributed by atoms with Crippen LogP contribution in [0.15, 0.2) is 0 Å². The molecule has 0 amide bonds. The number of hydrogen-bond acceptors (Lipinski definition) is 5. The van der Waals surface area contributed by atoms with Crippen molar-refractivity contribution in [3.63, 3.8) is 0 Å². The van der Waals surface area contributed by atoms with Crippen LogP contribution >= 0.6 is 0 Å². The van der Waals surface area contributed by atoms with Crippen LogP contribution in [-0.2, 0) is 14.8 Å². The molecular weight excluding hydrogens is 230 g/mol. The molecule has 0 unspecified atom stereocenters. The number of ether oxygens (including phenoxy) is 1. The Hall–Kier alpha value is -0.210. The van der Waals surface area contributed by atoms with Crippen LogP contribution < -0.4 is 10.6 Å². The van der Waals surface area contributed by atoms with Gasteiger partial charge in [0.05, 0.1) is 19.5 Å². The van der Waals surface area contributed by atoms with Gasteiger partial charge >= 0.3 is 0 Å². The van der Waals surface area contributed by atoms with Crippen LogP contribution in [0.4, 0.5) is 0 Å². The van der Waals surface area contributed by atoms with Gasteiger partial charge in [-0.3, -0.25) is 0 Å². The quantitative estimate of drug-likeness (QED) is 0.591. The Morgan fingerprint density at radius 3 is 1.75 bits per heavy atom. The normalized spacial score (nSPS) is 23.3. The molecule has 2 heterocycles. The molecule has 7 heteroatoms. The molecule has 2 aliphatic rings. The van der Waals surface area contributed by atoms with Crippen molar-refractivity contribution in [3.8, 4) is 0 Å². The molecule has 0 atom stereocenters. The number of hydrogen-bond donors (Lipinski definition) is 2. The molecule has 2 rings (SSSR count). The summed E-state index contributed by atoms with van der Waals surface area (Å²) in [5.74, 6) is 0. The minimum atomic E-state index is -2.93. The van der Waals surface area contributed by atoms with Crippen molar-refractivity contribution in [2.45, 2.75) is 0 Å². The van der Waals surface area contributed by atoms with Gasteiger partial charge in [-0.25, -0.2) is 8.42 Å². The average molecular weight is 251 g/mol. The summed E-state index contributed by atoms with van der Waals surface area (Å²) in [5, 5.41) is 6.24. The summed E-state index contributed by atoms with van der Waals surface area (Å²) in [6, 6.07) is 0. The van der Waals surface area contributed by atoms with Crippen LogP contribution in [0.5, 0.6) is 0 Å². The van der Waals surface area contributed by atoms with E-state index in [9.17, 15) is 8.42 Å². The Bertz CT molecular complexity index is 260. The summed E-state index contributed by atoms with van der Waals surface area (Å²) in [7, 11) is -2.93. The van der Waals surface area contributed by atoms with Crippen molar-refractivity contribution in [1.29, 1.82) is 0 Å². The fourth-order valence-corrected chi connectivity index (χ4v) is 2.34. The molecule has 6 nitrogen and oxygen atoms in total. The second-order valence-electron chi connectivity index (χ2n) is 3.77. The Balaban J connectivity index is 0.000000181. The Labute approximate surface area is 97.4 Å². The van der Waals surface area contributed by atoms with Crippen molar-refractivity contribution in [2.24, 2.45) is 0 Å². The maximum absolute atomic E-state index is 10.9. The number of nitrogens with one attached hydrogen (secondary N) is 2. The maximum Gasteiger partial charge on any atom is 0.211 e. The van der Waals surface area contributed by atoms with Gasteiger partial charge in [0.2, 0.25) is 10.0 Å². The van der Waals surface area contributed by atoms with E-state index in [4.69, 9.17) is 4.74 Å². The zero-order valence-electron chi connectivity index (χ0n) is 9.74. The van der Waals surface area contributed by atoms with E-state index >= 15 is 0 Å². The topological polar surface area (TPSA) is 70.7 Å². The van der Waals surface area contributed by atoms with Crippen molar-refractivity contribution in [3.05, 3.63) is 0 Å². The average Bonchev–Trinajstić information content (AvgIpc) is 2.32. The first kappa shape index (κ1) is 13.9. The lowest BCUT2D eigenvalue weighted by Crippen LogP contribution is -2.45. The van der Waals surface area contributed by atoms with E-state index < -0.39 is 10.0 Å². The van der Waals surface area contributed by atoms with Crippen LogP contribution in [-0.4, -0.2) is 71.5 Å². The van der Waals surface area contributed by atoms with Crippen LogP contribution in [0.3, 0.4) is 0 Å². The van der Waals surface area contributed by atoms with E-state index in [1.54, 1.807) is 0 Å². The van der Waals surface area contributed by atoms with Crippen LogP contribution in [0, 0.1) is 0 Å². The third-order valence-electron chi connectivity index (χ3n) is 2.39. The Kier molecular flexibility index (Phi) is 6.22. The number of piperazine rings is 1. The van der Waals surface area contributed by atoms with E-state index in [2.05, 4.69) is 10.6 Å². The maximum atomic E-state index is 10.9. The molecule has 0 radical (unpaired) electrons. The minimum absolute atomic E-state index is 0.610. The largest absolute Gasteiger partial charge is 0.379 e. The smallest absolute Gasteiger partial charge is 0.211 e.